The number of ether oxygens (including phenoxy) is 2. The molecule has 5 heteroatoms. The second-order valence-electron chi connectivity index (χ2n) is 3.58. The molecule has 0 aromatic rings. The maximum Gasteiger partial charge on any atom is 0.308 e. The van der Waals surface area contributed by atoms with Crippen LogP contribution in [0.1, 0.15) is 32.6 Å². The van der Waals surface area contributed by atoms with Crippen molar-refractivity contribution < 1.29 is 23.9 Å². The fourth-order valence-electron chi connectivity index (χ4n) is 1.32. The Bertz CT molecular complexity index is 259. The zero-order valence-electron chi connectivity index (χ0n) is 9.95. The molecular formula is C11H18O5. The molecule has 0 saturated heterocycles. The zero-order valence-corrected chi connectivity index (χ0v) is 9.95. The normalized spacial score (nSPS) is 11.7. The van der Waals surface area contributed by atoms with Gasteiger partial charge in [0.05, 0.1) is 20.1 Å². The molecule has 1 atom stereocenters. The number of hydrogen-bond donors (Lipinski definition) is 0. The fraction of sp³-hybridized carbons (Fsp3) is 0.727. The number of ketones is 1. The summed E-state index contributed by atoms with van der Waals surface area (Å²) in [6.07, 6.45) is 1.25. The Kier molecular flexibility index (Phi) is 7.16. The van der Waals surface area contributed by atoms with Crippen LogP contribution < -0.4 is 0 Å². The Balaban J connectivity index is 4.15. The Labute approximate surface area is 95.1 Å². The molecule has 0 spiro atoms. The molecule has 0 N–H and O–H groups in total. The first-order valence-corrected chi connectivity index (χ1v) is 5.15. The molecule has 0 aliphatic heterocycles. The van der Waals surface area contributed by atoms with E-state index in [2.05, 4.69) is 9.47 Å². The predicted octanol–water partition coefficient (Wildman–Crippen LogP) is 1.10. The third kappa shape index (κ3) is 6.16. The van der Waals surface area contributed by atoms with Gasteiger partial charge < -0.3 is 14.3 Å². The summed E-state index contributed by atoms with van der Waals surface area (Å²) < 4.78 is 9.09. The van der Waals surface area contributed by atoms with Crippen molar-refractivity contribution in [3.8, 4) is 0 Å². The van der Waals surface area contributed by atoms with Gasteiger partial charge in [-0.05, 0) is 19.8 Å². The molecule has 0 aromatic carbocycles. The minimum atomic E-state index is -0.409. The van der Waals surface area contributed by atoms with E-state index in [0.717, 1.165) is 0 Å². The second-order valence-corrected chi connectivity index (χ2v) is 3.58. The number of esters is 2. The molecular weight excluding hydrogens is 212 g/mol. The van der Waals surface area contributed by atoms with E-state index in [9.17, 15) is 14.4 Å². The third-order valence-corrected chi connectivity index (χ3v) is 2.30. The van der Waals surface area contributed by atoms with Gasteiger partial charge in [-0.1, -0.05) is 0 Å². The monoisotopic (exact) mass is 230 g/mol. The molecule has 0 aromatic heterocycles. The van der Waals surface area contributed by atoms with Crippen LogP contribution in [0.15, 0.2) is 0 Å². The van der Waals surface area contributed by atoms with Gasteiger partial charge in [0.25, 0.3) is 0 Å². The Hall–Kier alpha value is -1.39. The average molecular weight is 230 g/mol. The fourth-order valence-corrected chi connectivity index (χ4v) is 1.32. The van der Waals surface area contributed by atoms with Crippen LogP contribution >= 0.6 is 0 Å². The zero-order chi connectivity index (χ0) is 12.6. The van der Waals surface area contributed by atoms with E-state index in [-0.39, 0.29) is 24.1 Å². The van der Waals surface area contributed by atoms with Gasteiger partial charge in [-0.15, -0.1) is 0 Å². The molecule has 0 aliphatic rings. The first-order valence-electron chi connectivity index (χ1n) is 5.15. The van der Waals surface area contributed by atoms with Crippen molar-refractivity contribution in [1.29, 1.82) is 0 Å². The largest absolute Gasteiger partial charge is 0.469 e. The summed E-state index contributed by atoms with van der Waals surface area (Å²) in [4.78, 5) is 33.1. The van der Waals surface area contributed by atoms with Gasteiger partial charge in [0.15, 0.2) is 0 Å². The SMILES string of the molecule is COC(=O)CC[C@H](CCC(C)=O)C(=O)OC. The summed E-state index contributed by atoms with van der Waals surface area (Å²) in [5.41, 5.74) is 0. The van der Waals surface area contributed by atoms with Gasteiger partial charge in [0.1, 0.15) is 5.78 Å². The topological polar surface area (TPSA) is 69.7 Å². The van der Waals surface area contributed by atoms with Gasteiger partial charge in [0.2, 0.25) is 0 Å². The van der Waals surface area contributed by atoms with Gasteiger partial charge >= 0.3 is 11.9 Å². The van der Waals surface area contributed by atoms with Gasteiger partial charge in [-0.25, -0.2) is 0 Å². The highest BCUT2D eigenvalue weighted by molar-refractivity contribution is 5.78. The highest BCUT2D eigenvalue weighted by Crippen LogP contribution is 2.16. The predicted molar refractivity (Wildman–Crippen MR) is 56.7 cm³/mol. The maximum atomic E-state index is 11.3. The van der Waals surface area contributed by atoms with Crippen molar-refractivity contribution in [1.82, 2.24) is 0 Å². The van der Waals surface area contributed by atoms with E-state index in [1.165, 1.54) is 21.1 Å². The second kappa shape index (κ2) is 7.84. The van der Waals surface area contributed by atoms with Crippen LogP contribution in [0.2, 0.25) is 0 Å². The molecule has 0 unspecified atom stereocenters. The van der Waals surface area contributed by atoms with Crippen LogP contribution in [-0.4, -0.2) is 31.9 Å². The van der Waals surface area contributed by atoms with Crippen LogP contribution in [0.3, 0.4) is 0 Å². The first kappa shape index (κ1) is 14.6. The number of carbonyl (C=O) groups excluding carboxylic acids is 3. The molecule has 0 bridgehead atoms. The van der Waals surface area contributed by atoms with Crippen LogP contribution in [0.5, 0.6) is 0 Å². The molecule has 92 valence electrons. The molecule has 0 aliphatic carbocycles. The first-order chi connectivity index (χ1) is 7.51. The van der Waals surface area contributed by atoms with Crippen LogP contribution in [-0.2, 0) is 23.9 Å². The summed E-state index contributed by atoms with van der Waals surface area (Å²) in [5.74, 6) is -1.14. The molecule has 16 heavy (non-hydrogen) atoms. The maximum absolute atomic E-state index is 11.3. The number of carbonyl (C=O) groups is 3. The lowest BCUT2D eigenvalue weighted by atomic mass is 9.96. The van der Waals surface area contributed by atoms with E-state index in [1.807, 2.05) is 0 Å². The lowest BCUT2D eigenvalue weighted by Gasteiger charge is -2.12. The third-order valence-electron chi connectivity index (χ3n) is 2.30. The smallest absolute Gasteiger partial charge is 0.308 e. The molecule has 0 saturated carbocycles. The summed E-state index contributed by atoms with van der Waals surface area (Å²) in [6.45, 7) is 1.47. The van der Waals surface area contributed by atoms with E-state index < -0.39 is 5.92 Å². The Morgan fingerprint density at radius 3 is 2.00 bits per heavy atom. The minimum Gasteiger partial charge on any atom is -0.469 e. The van der Waals surface area contributed by atoms with Crippen molar-refractivity contribution in [2.24, 2.45) is 5.92 Å². The van der Waals surface area contributed by atoms with Crippen molar-refractivity contribution in [3.63, 3.8) is 0 Å². The summed E-state index contributed by atoms with van der Waals surface area (Å²) in [7, 11) is 2.59. The van der Waals surface area contributed by atoms with Crippen LogP contribution in [0.25, 0.3) is 0 Å². The Morgan fingerprint density at radius 2 is 1.56 bits per heavy atom. The van der Waals surface area contributed by atoms with Gasteiger partial charge in [-0.2, -0.15) is 0 Å². The summed E-state index contributed by atoms with van der Waals surface area (Å²) in [5, 5.41) is 0. The van der Waals surface area contributed by atoms with E-state index >= 15 is 0 Å². The van der Waals surface area contributed by atoms with E-state index in [0.29, 0.717) is 19.3 Å². The van der Waals surface area contributed by atoms with Gasteiger partial charge in [0, 0.05) is 12.8 Å². The van der Waals surface area contributed by atoms with Gasteiger partial charge in [-0.3, -0.25) is 9.59 Å². The molecule has 5 nitrogen and oxygen atoms in total. The van der Waals surface area contributed by atoms with Crippen molar-refractivity contribution in [2.45, 2.75) is 32.6 Å². The Morgan fingerprint density at radius 1 is 1.00 bits per heavy atom. The number of hydrogen-bond acceptors (Lipinski definition) is 5. The lowest BCUT2D eigenvalue weighted by molar-refractivity contribution is -0.147. The van der Waals surface area contributed by atoms with Crippen LogP contribution in [0.4, 0.5) is 0 Å². The molecule has 0 amide bonds. The highest BCUT2D eigenvalue weighted by atomic mass is 16.5. The standard InChI is InChI=1S/C11H18O5/c1-8(12)4-5-9(11(14)16-3)6-7-10(13)15-2/h9H,4-7H2,1-3H3/t9-/m0/s1. The minimum absolute atomic E-state index is 0.0203. The quantitative estimate of drug-likeness (QED) is 0.612. The van der Waals surface area contributed by atoms with E-state index in [4.69, 9.17) is 0 Å². The number of methoxy groups -OCH3 is 2. The highest BCUT2D eigenvalue weighted by Gasteiger charge is 2.20. The molecule has 0 radical (unpaired) electrons. The lowest BCUT2D eigenvalue weighted by Crippen LogP contribution is -2.18. The summed E-state index contributed by atoms with van der Waals surface area (Å²) in [6, 6.07) is 0. The van der Waals surface area contributed by atoms with Crippen LogP contribution in [0, 0.1) is 5.92 Å². The number of rotatable bonds is 7. The van der Waals surface area contributed by atoms with Crippen molar-refractivity contribution in [3.05, 3.63) is 0 Å². The van der Waals surface area contributed by atoms with Crippen molar-refractivity contribution >= 4 is 17.7 Å². The molecule has 0 fully saturated rings. The van der Waals surface area contributed by atoms with E-state index in [1.54, 1.807) is 0 Å². The molecule has 0 heterocycles. The average Bonchev–Trinajstić information content (AvgIpc) is 2.27. The molecule has 0 rings (SSSR count). The van der Waals surface area contributed by atoms with Crippen molar-refractivity contribution in [2.75, 3.05) is 14.2 Å². The number of Topliss-reactive ketones (excluding diaryl/α,β-unsaturated/α-hetero) is 1. The summed E-state index contributed by atoms with van der Waals surface area (Å²) >= 11 is 0.